The Labute approximate surface area is 109 Å². The molecule has 2 rings (SSSR count). The fraction of sp³-hybridized carbons (Fsp3) is 0. The van der Waals surface area contributed by atoms with Gasteiger partial charge in [0.2, 0.25) is 0 Å². The molecule has 1 aromatic heterocycles. The third kappa shape index (κ3) is 3.14. The number of pyridine rings is 1. The standard InChI is InChI=1S/C12H9FN2O3S/c13-10-5-12(7-14-6-10)19(17,18)15-11-3-1-2-9(4-11)8-16/h1-8,15H. The highest BCUT2D eigenvalue weighted by molar-refractivity contribution is 7.92. The lowest BCUT2D eigenvalue weighted by molar-refractivity contribution is 0.112. The SMILES string of the molecule is O=Cc1cccc(NS(=O)(=O)c2cncc(F)c2)c1. The number of anilines is 1. The number of carbonyl (C=O) groups is 1. The van der Waals surface area contributed by atoms with Crippen LogP contribution in [0.4, 0.5) is 10.1 Å². The number of sulfonamides is 1. The summed E-state index contributed by atoms with van der Waals surface area (Å²) in [4.78, 5) is 13.8. The highest BCUT2D eigenvalue weighted by atomic mass is 32.2. The van der Waals surface area contributed by atoms with Crippen molar-refractivity contribution in [2.45, 2.75) is 4.90 Å². The minimum atomic E-state index is -3.93. The largest absolute Gasteiger partial charge is 0.298 e. The van der Waals surface area contributed by atoms with Crippen molar-refractivity contribution in [3.63, 3.8) is 0 Å². The summed E-state index contributed by atoms with van der Waals surface area (Å²) in [5.74, 6) is -0.746. The van der Waals surface area contributed by atoms with Crippen LogP contribution in [0.15, 0.2) is 47.6 Å². The van der Waals surface area contributed by atoms with E-state index in [1.807, 2.05) is 0 Å². The maximum absolute atomic E-state index is 13.0. The van der Waals surface area contributed by atoms with Gasteiger partial charge in [-0.15, -0.1) is 0 Å². The Morgan fingerprint density at radius 1 is 1.21 bits per heavy atom. The molecule has 0 saturated heterocycles. The van der Waals surface area contributed by atoms with Crippen molar-refractivity contribution in [2.75, 3.05) is 4.72 Å². The number of halogens is 1. The van der Waals surface area contributed by atoms with Crippen molar-refractivity contribution in [3.8, 4) is 0 Å². The summed E-state index contributed by atoms with van der Waals surface area (Å²) in [7, 11) is -3.93. The van der Waals surface area contributed by atoms with Crippen LogP contribution in [0.2, 0.25) is 0 Å². The van der Waals surface area contributed by atoms with Crippen molar-refractivity contribution in [1.29, 1.82) is 0 Å². The summed E-state index contributed by atoms with van der Waals surface area (Å²) in [5, 5.41) is 0. The molecular weight excluding hydrogens is 271 g/mol. The summed E-state index contributed by atoms with van der Waals surface area (Å²) >= 11 is 0. The molecule has 0 atom stereocenters. The Kier molecular flexibility index (Phi) is 3.57. The van der Waals surface area contributed by atoms with Gasteiger partial charge in [-0.05, 0) is 18.2 Å². The molecule has 1 aromatic carbocycles. The summed E-state index contributed by atoms with van der Waals surface area (Å²) in [6, 6.07) is 6.79. The number of rotatable bonds is 4. The van der Waals surface area contributed by atoms with Gasteiger partial charge in [0.25, 0.3) is 10.0 Å². The second-order valence-electron chi connectivity index (χ2n) is 3.69. The number of benzene rings is 1. The number of hydrogen-bond acceptors (Lipinski definition) is 4. The predicted molar refractivity (Wildman–Crippen MR) is 66.8 cm³/mol. The van der Waals surface area contributed by atoms with Crippen molar-refractivity contribution < 1.29 is 17.6 Å². The van der Waals surface area contributed by atoms with E-state index >= 15 is 0 Å². The molecule has 5 nitrogen and oxygen atoms in total. The smallest absolute Gasteiger partial charge is 0.263 e. The monoisotopic (exact) mass is 280 g/mol. The van der Waals surface area contributed by atoms with Gasteiger partial charge in [-0.1, -0.05) is 12.1 Å². The average molecular weight is 280 g/mol. The maximum Gasteiger partial charge on any atom is 0.263 e. The molecule has 0 aliphatic heterocycles. The van der Waals surface area contributed by atoms with Crippen LogP contribution in [-0.2, 0) is 10.0 Å². The van der Waals surface area contributed by atoms with Gasteiger partial charge in [-0.25, -0.2) is 12.8 Å². The highest BCUT2D eigenvalue weighted by Gasteiger charge is 2.15. The van der Waals surface area contributed by atoms with E-state index < -0.39 is 15.8 Å². The van der Waals surface area contributed by atoms with Crippen LogP contribution in [0, 0.1) is 5.82 Å². The van der Waals surface area contributed by atoms with E-state index in [-0.39, 0.29) is 10.6 Å². The Hall–Kier alpha value is -2.28. The van der Waals surface area contributed by atoms with Crippen molar-refractivity contribution in [1.82, 2.24) is 4.98 Å². The van der Waals surface area contributed by atoms with Gasteiger partial charge in [0, 0.05) is 17.4 Å². The van der Waals surface area contributed by atoms with E-state index in [1.165, 1.54) is 24.3 Å². The van der Waals surface area contributed by atoms with Gasteiger partial charge in [-0.3, -0.25) is 14.5 Å². The lowest BCUT2D eigenvalue weighted by Gasteiger charge is -2.08. The number of aromatic nitrogens is 1. The van der Waals surface area contributed by atoms with Crippen molar-refractivity contribution >= 4 is 22.0 Å². The maximum atomic E-state index is 13.0. The summed E-state index contributed by atoms with van der Waals surface area (Å²) in [6.07, 6.45) is 2.54. The van der Waals surface area contributed by atoms with Gasteiger partial charge in [0.1, 0.15) is 17.0 Å². The van der Waals surface area contributed by atoms with Crippen LogP contribution in [0.3, 0.4) is 0 Å². The number of hydrogen-bond donors (Lipinski definition) is 1. The lowest BCUT2D eigenvalue weighted by Crippen LogP contribution is -2.13. The molecule has 0 unspecified atom stereocenters. The van der Waals surface area contributed by atoms with E-state index in [0.717, 1.165) is 18.5 Å². The fourth-order valence-electron chi connectivity index (χ4n) is 1.43. The summed E-state index contributed by atoms with van der Waals surface area (Å²) < 4.78 is 39.1. The molecule has 1 heterocycles. The highest BCUT2D eigenvalue weighted by Crippen LogP contribution is 2.16. The molecular formula is C12H9FN2O3S. The molecule has 0 saturated carbocycles. The zero-order valence-electron chi connectivity index (χ0n) is 9.58. The van der Waals surface area contributed by atoms with Crippen LogP contribution in [0.5, 0.6) is 0 Å². The second-order valence-corrected chi connectivity index (χ2v) is 5.37. The topological polar surface area (TPSA) is 76.1 Å². The molecule has 0 radical (unpaired) electrons. The van der Waals surface area contributed by atoms with Crippen molar-refractivity contribution in [3.05, 3.63) is 54.1 Å². The molecule has 19 heavy (non-hydrogen) atoms. The van der Waals surface area contributed by atoms with Crippen LogP contribution >= 0.6 is 0 Å². The minimum absolute atomic E-state index is 0.217. The zero-order valence-corrected chi connectivity index (χ0v) is 10.4. The molecule has 0 spiro atoms. The van der Waals surface area contributed by atoms with E-state index in [9.17, 15) is 17.6 Å². The summed E-state index contributed by atoms with van der Waals surface area (Å²) in [5.41, 5.74) is 0.548. The molecule has 0 fully saturated rings. The van der Waals surface area contributed by atoms with Gasteiger partial charge in [0.05, 0.1) is 6.20 Å². The molecule has 2 aromatic rings. The summed E-state index contributed by atoms with van der Waals surface area (Å²) in [6.45, 7) is 0. The van der Waals surface area contributed by atoms with Gasteiger partial charge < -0.3 is 0 Å². The first-order valence-electron chi connectivity index (χ1n) is 5.20. The first-order chi connectivity index (χ1) is 9.01. The molecule has 0 aliphatic carbocycles. The Morgan fingerprint density at radius 2 is 2.00 bits per heavy atom. The van der Waals surface area contributed by atoms with E-state index in [1.54, 1.807) is 0 Å². The molecule has 0 aliphatic rings. The second kappa shape index (κ2) is 5.15. The minimum Gasteiger partial charge on any atom is -0.298 e. The van der Waals surface area contributed by atoms with Crippen LogP contribution in [0.1, 0.15) is 10.4 Å². The molecule has 7 heteroatoms. The van der Waals surface area contributed by atoms with E-state index in [2.05, 4.69) is 9.71 Å². The molecule has 1 N–H and O–H groups in total. The average Bonchev–Trinajstić information content (AvgIpc) is 2.38. The zero-order chi connectivity index (χ0) is 13.9. The van der Waals surface area contributed by atoms with Gasteiger partial charge >= 0.3 is 0 Å². The lowest BCUT2D eigenvalue weighted by atomic mass is 10.2. The fourth-order valence-corrected chi connectivity index (χ4v) is 2.45. The Morgan fingerprint density at radius 3 is 2.68 bits per heavy atom. The Balaban J connectivity index is 2.33. The first kappa shape index (κ1) is 13.2. The predicted octanol–water partition coefficient (Wildman–Crippen LogP) is 1.83. The normalized spacial score (nSPS) is 11.0. The molecule has 0 bridgehead atoms. The molecule has 98 valence electrons. The number of nitrogens with one attached hydrogen (secondary N) is 1. The van der Waals surface area contributed by atoms with E-state index in [4.69, 9.17) is 0 Å². The van der Waals surface area contributed by atoms with Crippen LogP contribution in [-0.4, -0.2) is 19.7 Å². The van der Waals surface area contributed by atoms with E-state index in [0.29, 0.717) is 11.8 Å². The van der Waals surface area contributed by atoms with Gasteiger partial charge in [-0.2, -0.15) is 0 Å². The third-order valence-electron chi connectivity index (χ3n) is 2.27. The first-order valence-corrected chi connectivity index (χ1v) is 6.68. The van der Waals surface area contributed by atoms with Crippen LogP contribution in [0.25, 0.3) is 0 Å². The number of aldehydes is 1. The molecule has 0 amide bonds. The van der Waals surface area contributed by atoms with Crippen LogP contribution < -0.4 is 4.72 Å². The van der Waals surface area contributed by atoms with Gasteiger partial charge in [0.15, 0.2) is 0 Å². The van der Waals surface area contributed by atoms with Crippen molar-refractivity contribution in [2.24, 2.45) is 0 Å². The number of carbonyl (C=O) groups excluding carboxylic acids is 1. The number of nitrogens with zero attached hydrogens (tertiary/aromatic N) is 1. The third-order valence-corrected chi connectivity index (χ3v) is 3.61. The Bertz CT molecular complexity index is 716. The quantitative estimate of drug-likeness (QED) is 0.867.